The summed E-state index contributed by atoms with van der Waals surface area (Å²) < 4.78 is 1.84. The first-order chi connectivity index (χ1) is 13.1. The fraction of sp³-hybridized carbons (Fsp3) is 0.476. The third-order valence-electron chi connectivity index (χ3n) is 5.94. The third kappa shape index (κ3) is 3.75. The van der Waals surface area contributed by atoms with E-state index < -0.39 is 0 Å². The maximum absolute atomic E-state index is 13.0. The summed E-state index contributed by atoms with van der Waals surface area (Å²) in [5.41, 5.74) is 8.03. The molecule has 6 heteroatoms. The van der Waals surface area contributed by atoms with Gasteiger partial charge in [-0.15, -0.1) is 0 Å². The lowest BCUT2D eigenvalue weighted by atomic mass is 9.82. The minimum Gasteiger partial charge on any atom is -0.368 e. The van der Waals surface area contributed by atoms with Gasteiger partial charge in [-0.05, 0) is 43.2 Å². The summed E-state index contributed by atoms with van der Waals surface area (Å²) in [4.78, 5) is 30.7. The summed E-state index contributed by atoms with van der Waals surface area (Å²) in [6, 6.07) is 8.47. The van der Waals surface area contributed by atoms with Gasteiger partial charge in [0.15, 0.2) is 0 Å². The maximum Gasteiger partial charge on any atom is 0.237 e. The van der Waals surface area contributed by atoms with Gasteiger partial charge in [0.2, 0.25) is 11.8 Å². The molecule has 2 aliphatic rings. The van der Waals surface area contributed by atoms with Crippen LogP contribution in [0.4, 0.5) is 0 Å². The number of benzene rings is 1. The lowest BCUT2D eigenvalue weighted by Gasteiger charge is -2.35. The molecule has 27 heavy (non-hydrogen) atoms. The van der Waals surface area contributed by atoms with Crippen molar-refractivity contribution < 1.29 is 9.59 Å². The number of aromatic nitrogens is 2. The van der Waals surface area contributed by atoms with E-state index in [1.54, 1.807) is 12.4 Å². The second-order valence-corrected chi connectivity index (χ2v) is 7.69. The number of carbonyl (C=O) groups excluding carboxylic acids is 2. The summed E-state index contributed by atoms with van der Waals surface area (Å²) in [7, 11) is 0. The minimum absolute atomic E-state index is 0.105. The Hall–Kier alpha value is -2.63. The van der Waals surface area contributed by atoms with Crippen molar-refractivity contribution in [2.75, 3.05) is 13.1 Å². The molecule has 0 unspecified atom stereocenters. The van der Waals surface area contributed by atoms with Crippen LogP contribution in [0, 0.1) is 5.92 Å². The zero-order chi connectivity index (χ0) is 18.8. The molecule has 1 aromatic carbocycles. The topological polar surface area (TPSA) is 81.2 Å². The van der Waals surface area contributed by atoms with Crippen molar-refractivity contribution in [1.82, 2.24) is 14.5 Å². The predicted molar refractivity (Wildman–Crippen MR) is 102 cm³/mol. The van der Waals surface area contributed by atoms with Crippen LogP contribution in [-0.2, 0) is 29.0 Å². The van der Waals surface area contributed by atoms with Gasteiger partial charge in [-0.2, -0.15) is 0 Å². The normalized spacial score (nSPS) is 20.3. The molecule has 142 valence electrons. The van der Waals surface area contributed by atoms with E-state index in [0.29, 0.717) is 5.91 Å². The van der Waals surface area contributed by atoms with Crippen LogP contribution < -0.4 is 5.73 Å². The molecule has 2 amide bonds. The Morgan fingerprint density at radius 2 is 1.85 bits per heavy atom. The minimum atomic E-state index is -0.362. The van der Waals surface area contributed by atoms with Crippen molar-refractivity contribution in [2.45, 2.75) is 44.6 Å². The van der Waals surface area contributed by atoms with E-state index in [9.17, 15) is 9.59 Å². The van der Waals surface area contributed by atoms with Crippen molar-refractivity contribution in [1.29, 1.82) is 0 Å². The van der Waals surface area contributed by atoms with Crippen molar-refractivity contribution in [3.63, 3.8) is 0 Å². The second kappa shape index (κ2) is 7.55. The zero-order valence-electron chi connectivity index (χ0n) is 15.5. The van der Waals surface area contributed by atoms with Crippen LogP contribution in [0.15, 0.2) is 36.7 Å². The average molecular weight is 366 g/mol. The number of imidazole rings is 1. The van der Waals surface area contributed by atoms with Gasteiger partial charge in [-0.3, -0.25) is 9.59 Å². The second-order valence-electron chi connectivity index (χ2n) is 7.69. The van der Waals surface area contributed by atoms with Crippen molar-refractivity contribution in [2.24, 2.45) is 11.7 Å². The smallest absolute Gasteiger partial charge is 0.237 e. The molecule has 2 N–H and O–H groups in total. The van der Waals surface area contributed by atoms with Crippen molar-refractivity contribution >= 4 is 11.8 Å². The van der Waals surface area contributed by atoms with Gasteiger partial charge in [-0.1, -0.05) is 24.3 Å². The van der Waals surface area contributed by atoms with Crippen molar-refractivity contribution in [3.05, 3.63) is 53.6 Å². The lowest BCUT2D eigenvalue weighted by Crippen LogP contribution is -2.43. The SMILES string of the molecule is NC(=O)Cn1ccnc1C1CCN(C(=O)[C@H]2CCc3ccccc3C2)CC1. The van der Waals surface area contributed by atoms with Gasteiger partial charge in [0.05, 0.1) is 0 Å². The van der Waals surface area contributed by atoms with Gasteiger partial charge in [0.25, 0.3) is 0 Å². The number of nitrogens with two attached hydrogens (primary N) is 1. The standard InChI is InChI=1S/C21H26N4O2/c22-19(26)14-25-12-9-23-20(25)16-7-10-24(11-8-16)21(27)18-6-5-15-3-1-2-4-17(15)13-18/h1-4,9,12,16,18H,5-8,10-11,13-14H2,(H2,22,26)/t18-/m0/s1. The molecule has 0 spiro atoms. The van der Waals surface area contributed by atoms with E-state index in [-0.39, 0.29) is 24.3 Å². The number of fused-ring (bicyclic) bond motifs is 1. The molecule has 1 aromatic heterocycles. The Morgan fingerprint density at radius 3 is 2.59 bits per heavy atom. The van der Waals surface area contributed by atoms with E-state index in [2.05, 4.69) is 29.2 Å². The van der Waals surface area contributed by atoms with Gasteiger partial charge in [0.1, 0.15) is 12.4 Å². The Labute approximate surface area is 159 Å². The summed E-state index contributed by atoms with van der Waals surface area (Å²) in [6.07, 6.45) is 8.08. The Balaban J connectivity index is 1.36. The fourth-order valence-electron chi connectivity index (χ4n) is 4.51. The van der Waals surface area contributed by atoms with Crippen LogP contribution >= 0.6 is 0 Å². The first kappa shape index (κ1) is 17.8. The van der Waals surface area contributed by atoms with Crippen LogP contribution in [-0.4, -0.2) is 39.4 Å². The fourth-order valence-corrected chi connectivity index (χ4v) is 4.51. The monoisotopic (exact) mass is 366 g/mol. The molecular weight excluding hydrogens is 340 g/mol. The number of nitrogens with zero attached hydrogens (tertiary/aromatic N) is 3. The summed E-state index contributed by atoms with van der Waals surface area (Å²) in [5, 5.41) is 0. The number of piperidine rings is 1. The van der Waals surface area contributed by atoms with Crippen LogP contribution in [0.5, 0.6) is 0 Å². The molecule has 1 saturated heterocycles. The molecule has 2 heterocycles. The number of carbonyl (C=O) groups is 2. The van der Waals surface area contributed by atoms with E-state index in [0.717, 1.165) is 51.0 Å². The quantitative estimate of drug-likeness (QED) is 0.897. The zero-order valence-corrected chi connectivity index (χ0v) is 15.5. The van der Waals surface area contributed by atoms with Gasteiger partial charge in [-0.25, -0.2) is 4.98 Å². The van der Waals surface area contributed by atoms with E-state index >= 15 is 0 Å². The number of aryl methyl sites for hydroxylation is 1. The highest BCUT2D eigenvalue weighted by Crippen LogP contribution is 2.31. The number of rotatable bonds is 4. The number of amides is 2. The number of hydrogen-bond acceptors (Lipinski definition) is 3. The molecule has 0 bridgehead atoms. The van der Waals surface area contributed by atoms with Gasteiger partial charge < -0.3 is 15.2 Å². The largest absolute Gasteiger partial charge is 0.368 e. The van der Waals surface area contributed by atoms with Crippen molar-refractivity contribution in [3.8, 4) is 0 Å². The Kier molecular flexibility index (Phi) is 4.97. The lowest BCUT2D eigenvalue weighted by molar-refractivity contribution is -0.137. The Bertz CT molecular complexity index is 836. The molecule has 6 nitrogen and oxygen atoms in total. The number of hydrogen-bond donors (Lipinski definition) is 1. The maximum atomic E-state index is 13.0. The molecule has 0 radical (unpaired) electrons. The highest BCUT2D eigenvalue weighted by molar-refractivity contribution is 5.79. The summed E-state index contributed by atoms with van der Waals surface area (Å²) in [6.45, 7) is 1.67. The molecular formula is C21H26N4O2. The van der Waals surface area contributed by atoms with Gasteiger partial charge in [0, 0.05) is 37.3 Å². The molecule has 2 aromatic rings. The van der Waals surface area contributed by atoms with Crippen LogP contribution in [0.3, 0.4) is 0 Å². The first-order valence-corrected chi connectivity index (χ1v) is 9.76. The van der Waals surface area contributed by atoms with E-state index in [4.69, 9.17) is 5.73 Å². The third-order valence-corrected chi connectivity index (χ3v) is 5.94. The first-order valence-electron chi connectivity index (χ1n) is 9.76. The summed E-state index contributed by atoms with van der Waals surface area (Å²) >= 11 is 0. The van der Waals surface area contributed by atoms with Crippen LogP contribution in [0.25, 0.3) is 0 Å². The highest BCUT2D eigenvalue weighted by Gasteiger charge is 2.32. The molecule has 4 rings (SSSR count). The number of primary amides is 1. The predicted octanol–water partition coefficient (Wildman–Crippen LogP) is 1.88. The molecule has 1 atom stereocenters. The molecule has 1 aliphatic heterocycles. The van der Waals surface area contributed by atoms with E-state index in [1.165, 1.54) is 11.1 Å². The van der Waals surface area contributed by atoms with Crippen LogP contribution in [0.1, 0.15) is 42.1 Å². The number of likely N-dealkylation sites (tertiary alicyclic amines) is 1. The molecule has 1 fully saturated rings. The van der Waals surface area contributed by atoms with Crippen LogP contribution in [0.2, 0.25) is 0 Å². The van der Waals surface area contributed by atoms with Gasteiger partial charge >= 0.3 is 0 Å². The van der Waals surface area contributed by atoms with E-state index in [1.807, 2.05) is 9.47 Å². The molecule has 1 aliphatic carbocycles. The highest BCUT2D eigenvalue weighted by atomic mass is 16.2. The average Bonchev–Trinajstić information content (AvgIpc) is 3.14. The summed E-state index contributed by atoms with van der Waals surface area (Å²) in [5.74, 6) is 1.22. The Morgan fingerprint density at radius 1 is 1.11 bits per heavy atom. The molecule has 0 saturated carbocycles.